The van der Waals surface area contributed by atoms with Gasteiger partial charge in [-0.15, -0.1) is 24.0 Å². The van der Waals surface area contributed by atoms with Crippen LogP contribution in [-0.2, 0) is 6.42 Å². The molecule has 120 valence electrons. The molecule has 2 N–H and O–H groups in total. The second-order valence-corrected chi connectivity index (χ2v) is 5.17. The van der Waals surface area contributed by atoms with Crippen molar-refractivity contribution in [2.75, 3.05) is 40.8 Å². The number of halogens is 1. The van der Waals surface area contributed by atoms with Crippen molar-refractivity contribution in [1.29, 1.82) is 0 Å². The van der Waals surface area contributed by atoms with Crippen LogP contribution in [0, 0.1) is 0 Å². The van der Waals surface area contributed by atoms with Crippen LogP contribution in [0.1, 0.15) is 18.4 Å². The predicted molar refractivity (Wildman–Crippen MR) is 103 cm³/mol. The number of aliphatic imine (C=N–C) groups is 1. The van der Waals surface area contributed by atoms with Crippen molar-refractivity contribution in [3.8, 4) is 0 Å². The number of hydrogen-bond donors (Lipinski definition) is 2. The Kier molecular flexibility index (Phi) is 12.4. The Hall–Kier alpha value is -0.820. The lowest BCUT2D eigenvalue weighted by Gasteiger charge is -2.13. The van der Waals surface area contributed by atoms with Crippen molar-refractivity contribution in [2.24, 2.45) is 4.99 Å². The number of rotatable bonds is 8. The lowest BCUT2D eigenvalue weighted by atomic mass is 10.1. The maximum Gasteiger partial charge on any atom is 0.190 e. The summed E-state index contributed by atoms with van der Waals surface area (Å²) in [5, 5.41) is 6.69. The molecule has 0 fully saturated rings. The lowest BCUT2D eigenvalue weighted by molar-refractivity contribution is 0.399. The van der Waals surface area contributed by atoms with Gasteiger partial charge in [0.05, 0.1) is 0 Å². The largest absolute Gasteiger partial charge is 0.356 e. The van der Waals surface area contributed by atoms with Gasteiger partial charge in [0.1, 0.15) is 0 Å². The van der Waals surface area contributed by atoms with Crippen molar-refractivity contribution in [3.63, 3.8) is 0 Å². The number of benzene rings is 1. The molecule has 0 atom stereocenters. The van der Waals surface area contributed by atoms with Gasteiger partial charge in [0, 0.05) is 20.1 Å². The average molecular weight is 404 g/mol. The first-order valence-corrected chi connectivity index (χ1v) is 7.35. The van der Waals surface area contributed by atoms with Crippen LogP contribution >= 0.6 is 24.0 Å². The Morgan fingerprint density at radius 3 is 2.24 bits per heavy atom. The molecule has 21 heavy (non-hydrogen) atoms. The average Bonchev–Trinajstić information content (AvgIpc) is 2.46. The molecule has 4 nitrogen and oxygen atoms in total. The highest BCUT2D eigenvalue weighted by Crippen LogP contribution is 2.01. The van der Waals surface area contributed by atoms with Gasteiger partial charge >= 0.3 is 0 Å². The van der Waals surface area contributed by atoms with E-state index in [-0.39, 0.29) is 24.0 Å². The number of hydrogen-bond acceptors (Lipinski definition) is 2. The zero-order valence-electron chi connectivity index (χ0n) is 13.4. The van der Waals surface area contributed by atoms with E-state index in [2.05, 4.69) is 65.0 Å². The zero-order chi connectivity index (χ0) is 14.6. The predicted octanol–water partition coefficient (Wildman–Crippen LogP) is 2.35. The maximum atomic E-state index is 4.23. The molecule has 0 aromatic heterocycles. The molecule has 0 saturated carbocycles. The minimum Gasteiger partial charge on any atom is -0.356 e. The Morgan fingerprint density at radius 1 is 1.05 bits per heavy atom. The third kappa shape index (κ3) is 10.5. The molecule has 0 heterocycles. The van der Waals surface area contributed by atoms with Crippen molar-refractivity contribution in [2.45, 2.75) is 19.3 Å². The van der Waals surface area contributed by atoms with E-state index >= 15 is 0 Å². The molecule has 1 aromatic carbocycles. The number of guanidine groups is 1. The smallest absolute Gasteiger partial charge is 0.190 e. The van der Waals surface area contributed by atoms with Gasteiger partial charge in [-0.25, -0.2) is 0 Å². The molecule has 0 saturated heterocycles. The first-order valence-electron chi connectivity index (χ1n) is 7.35. The van der Waals surface area contributed by atoms with Crippen LogP contribution < -0.4 is 10.6 Å². The summed E-state index contributed by atoms with van der Waals surface area (Å²) in [5.74, 6) is 0.900. The third-order valence-corrected chi connectivity index (χ3v) is 3.08. The normalized spacial score (nSPS) is 11.1. The van der Waals surface area contributed by atoms with E-state index in [1.165, 1.54) is 5.56 Å². The standard InChI is InChI=1S/C16H28N4.HI/c1-17-16(19-13-8-14-20(2)3)18-12-7-11-15-9-5-4-6-10-15;/h4-6,9-10H,7-8,11-14H2,1-3H3,(H2,17,18,19);1H. The van der Waals surface area contributed by atoms with E-state index in [1.54, 1.807) is 0 Å². The maximum absolute atomic E-state index is 4.23. The second-order valence-electron chi connectivity index (χ2n) is 5.17. The molecule has 1 aromatic rings. The van der Waals surface area contributed by atoms with Crippen LogP contribution in [-0.4, -0.2) is 51.6 Å². The van der Waals surface area contributed by atoms with Crippen molar-refractivity contribution in [3.05, 3.63) is 35.9 Å². The molecule has 0 spiro atoms. The first-order chi connectivity index (χ1) is 9.72. The quantitative estimate of drug-likeness (QED) is 0.303. The van der Waals surface area contributed by atoms with Gasteiger partial charge in [-0.1, -0.05) is 30.3 Å². The molecule has 1 rings (SSSR count). The van der Waals surface area contributed by atoms with Gasteiger partial charge in [-0.05, 0) is 45.5 Å². The van der Waals surface area contributed by atoms with Crippen LogP contribution in [0.5, 0.6) is 0 Å². The fraction of sp³-hybridized carbons (Fsp3) is 0.562. The number of nitrogens with zero attached hydrogens (tertiary/aromatic N) is 2. The van der Waals surface area contributed by atoms with E-state index < -0.39 is 0 Å². The van der Waals surface area contributed by atoms with E-state index in [0.717, 1.165) is 44.9 Å². The molecule has 0 unspecified atom stereocenters. The Morgan fingerprint density at radius 2 is 1.67 bits per heavy atom. The topological polar surface area (TPSA) is 39.7 Å². The fourth-order valence-electron chi connectivity index (χ4n) is 1.97. The van der Waals surface area contributed by atoms with Crippen LogP contribution in [0.3, 0.4) is 0 Å². The molecule has 0 bridgehead atoms. The van der Waals surface area contributed by atoms with Crippen molar-refractivity contribution < 1.29 is 0 Å². The lowest BCUT2D eigenvalue weighted by Crippen LogP contribution is -2.38. The fourth-order valence-corrected chi connectivity index (χ4v) is 1.97. The SMILES string of the molecule is CN=C(NCCCc1ccccc1)NCCCN(C)C.I. The molecule has 0 aliphatic heterocycles. The van der Waals surface area contributed by atoms with Gasteiger partial charge in [0.25, 0.3) is 0 Å². The molecule has 0 aliphatic rings. The molecular formula is C16H29IN4. The monoisotopic (exact) mass is 404 g/mol. The number of nitrogens with one attached hydrogen (secondary N) is 2. The molecule has 0 radical (unpaired) electrons. The highest BCUT2D eigenvalue weighted by atomic mass is 127. The number of aryl methyl sites for hydroxylation is 1. The van der Waals surface area contributed by atoms with Gasteiger partial charge in [-0.3, -0.25) is 4.99 Å². The Balaban J connectivity index is 0.00000400. The summed E-state index contributed by atoms with van der Waals surface area (Å²) >= 11 is 0. The summed E-state index contributed by atoms with van der Waals surface area (Å²) < 4.78 is 0. The van der Waals surface area contributed by atoms with E-state index in [1.807, 2.05) is 7.05 Å². The van der Waals surface area contributed by atoms with E-state index in [0.29, 0.717) is 0 Å². The van der Waals surface area contributed by atoms with Gasteiger partial charge in [0.15, 0.2) is 5.96 Å². The first kappa shape index (κ1) is 20.2. The van der Waals surface area contributed by atoms with Crippen LogP contribution in [0.2, 0.25) is 0 Å². The van der Waals surface area contributed by atoms with E-state index in [9.17, 15) is 0 Å². The molecule has 0 aliphatic carbocycles. The molecular weight excluding hydrogens is 375 g/mol. The summed E-state index contributed by atoms with van der Waals surface area (Å²) in [6.07, 6.45) is 3.34. The van der Waals surface area contributed by atoms with Crippen LogP contribution in [0.25, 0.3) is 0 Å². The summed E-state index contributed by atoms with van der Waals surface area (Å²) in [6.45, 7) is 3.00. The minimum atomic E-state index is 0. The van der Waals surface area contributed by atoms with Crippen molar-refractivity contribution in [1.82, 2.24) is 15.5 Å². The summed E-state index contributed by atoms with van der Waals surface area (Å²) in [7, 11) is 6.01. The Bertz CT molecular complexity index is 379. The highest BCUT2D eigenvalue weighted by Gasteiger charge is 1.97. The summed E-state index contributed by atoms with van der Waals surface area (Å²) in [5.41, 5.74) is 1.39. The minimum absolute atomic E-state index is 0. The van der Waals surface area contributed by atoms with Crippen molar-refractivity contribution >= 4 is 29.9 Å². The van der Waals surface area contributed by atoms with Gasteiger partial charge in [-0.2, -0.15) is 0 Å². The van der Waals surface area contributed by atoms with Crippen LogP contribution in [0.15, 0.2) is 35.3 Å². The van der Waals surface area contributed by atoms with Gasteiger partial charge in [0.2, 0.25) is 0 Å². The molecule has 5 heteroatoms. The third-order valence-electron chi connectivity index (χ3n) is 3.08. The summed E-state index contributed by atoms with van der Waals surface area (Å²) in [4.78, 5) is 6.42. The summed E-state index contributed by atoms with van der Waals surface area (Å²) in [6, 6.07) is 10.6. The Labute approximate surface area is 146 Å². The van der Waals surface area contributed by atoms with Crippen LogP contribution in [0.4, 0.5) is 0 Å². The molecule has 0 amide bonds. The second kappa shape index (κ2) is 12.9. The zero-order valence-corrected chi connectivity index (χ0v) is 15.8. The van der Waals surface area contributed by atoms with Gasteiger partial charge < -0.3 is 15.5 Å². The highest BCUT2D eigenvalue weighted by molar-refractivity contribution is 14.0. The van der Waals surface area contributed by atoms with E-state index in [4.69, 9.17) is 0 Å².